The fraction of sp³-hybridized carbons (Fsp3) is 0.120. The Morgan fingerprint density at radius 2 is 1.79 bits per heavy atom. The molecule has 8 heteroatoms. The van der Waals surface area contributed by atoms with Crippen LogP contribution < -0.4 is 5.32 Å². The van der Waals surface area contributed by atoms with Crippen LogP contribution in [0.25, 0.3) is 22.0 Å². The third-order valence-electron chi connectivity index (χ3n) is 5.32. The number of halogens is 4. The maximum absolute atomic E-state index is 13.9. The van der Waals surface area contributed by atoms with Gasteiger partial charge in [-0.15, -0.1) is 0 Å². The lowest BCUT2D eigenvalue weighted by atomic mass is 9.94. The van der Waals surface area contributed by atoms with Crippen LogP contribution in [0.3, 0.4) is 0 Å². The van der Waals surface area contributed by atoms with Crippen LogP contribution in [0.1, 0.15) is 27.0 Å². The summed E-state index contributed by atoms with van der Waals surface area (Å²) in [5.41, 5.74) is 1.53. The molecule has 0 amide bonds. The van der Waals surface area contributed by atoms with Crippen molar-refractivity contribution >= 4 is 22.6 Å². The molecule has 1 aromatic heterocycles. The van der Waals surface area contributed by atoms with Gasteiger partial charge in [0.15, 0.2) is 0 Å². The number of nitrogens with one attached hydrogen (secondary N) is 1. The molecule has 0 aliphatic rings. The van der Waals surface area contributed by atoms with Gasteiger partial charge in [0.25, 0.3) is 0 Å². The number of carboxylic acids is 1. The first-order valence-electron chi connectivity index (χ1n) is 9.97. The first-order valence-corrected chi connectivity index (χ1v) is 9.97. The van der Waals surface area contributed by atoms with Gasteiger partial charge in [-0.1, -0.05) is 36.4 Å². The second kappa shape index (κ2) is 8.54. The lowest BCUT2D eigenvalue weighted by Crippen LogP contribution is -2.08. The zero-order valence-corrected chi connectivity index (χ0v) is 17.4. The molecule has 0 fully saturated rings. The summed E-state index contributed by atoms with van der Waals surface area (Å²) in [5.74, 6) is -2.23. The van der Waals surface area contributed by atoms with Crippen molar-refractivity contribution in [3.63, 3.8) is 0 Å². The Balaban J connectivity index is 1.73. The summed E-state index contributed by atoms with van der Waals surface area (Å²) in [6.07, 6.45) is -3.11. The maximum atomic E-state index is 13.9. The second-order valence-corrected chi connectivity index (χ2v) is 7.54. The highest BCUT2D eigenvalue weighted by atomic mass is 19.4. The number of hydrogen-bond donors (Lipinski definition) is 2. The Labute approximate surface area is 186 Å². The molecule has 33 heavy (non-hydrogen) atoms. The molecule has 0 saturated carbocycles. The molecule has 1 heterocycles. The van der Waals surface area contributed by atoms with Crippen LogP contribution >= 0.6 is 0 Å². The first-order chi connectivity index (χ1) is 15.7. The van der Waals surface area contributed by atoms with Crippen molar-refractivity contribution in [3.8, 4) is 11.1 Å². The number of rotatable bonds is 5. The fourth-order valence-corrected chi connectivity index (χ4v) is 3.86. The average Bonchev–Trinajstić information content (AvgIpc) is 2.76. The molecule has 0 unspecified atom stereocenters. The highest BCUT2D eigenvalue weighted by Crippen LogP contribution is 2.38. The molecule has 4 aromatic rings. The number of carboxylic acid groups (broad SMARTS) is 1. The van der Waals surface area contributed by atoms with Crippen molar-refractivity contribution in [2.45, 2.75) is 19.6 Å². The molecule has 2 N–H and O–H groups in total. The number of hydrogen-bond acceptors (Lipinski definition) is 3. The van der Waals surface area contributed by atoms with Crippen molar-refractivity contribution in [2.75, 3.05) is 5.32 Å². The van der Waals surface area contributed by atoms with Gasteiger partial charge in [-0.25, -0.2) is 9.18 Å². The second-order valence-electron chi connectivity index (χ2n) is 7.54. The number of pyridine rings is 1. The number of anilines is 1. The van der Waals surface area contributed by atoms with E-state index in [2.05, 4.69) is 10.3 Å². The SMILES string of the molecule is Cc1cnc2c(C(F)(F)F)cccc2c1-c1cccc(CNc2cccc(F)c2C(=O)O)c1. The number of benzene rings is 3. The number of para-hydroxylation sites is 1. The summed E-state index contributed by atoms with van der Waals surface area (Å²) >= 11 is 0. The molecular weight excluding hydrogens is 436 g/mol. The molecule has 0 aliphatic carbocycles. The van der Waals surface area contributed by atoms with E-state index in [-0.39, 0.29) is 17.7 Å². The van der Waals surface area contributed by atoms with Gasteiger partial charge in [0.1, 0.15) is 11.4 Å². The Bertz CT molecular complexity index is 1370. The molecule has 0 aliphatic heterocycles. The zero-order valence-electron chi connectivity index (χ0n) is 17.4. The van der Waals surface area contributed by atoms with Crippen molar-refractivity contribution in [1.29, 1.82) is 0 Å². The van der Waals surface area contributed by atoms with Gasteiger partial charge in [0, 0.05) is 18.1 Å². The molecule has 4 rings (SSSR count). The molecule has 0 bridgehead atoms. The predicted molar refractivity (Wildman–Crippen MR) is 118 cm³/mol. The number of nitrogens with zero attached hydrogens (tertiary/aromatic N) is 1. The van der Waals surface area contributed by atoms with Crippen molar-refractivity contribution < 1.29 is 27.5 Å². The molecule has 168 valence electrons. The van der Waals surface area contributed by atoms with Crippen LogP contribution in [0.4, 0.5) is 23.2 Å². The minimum absolute atomic E-state index is 0.125. The third kappa shape index (κ3) is 4.37. The van der Waals surface area contributed by atoms with Gasteiger partial charge < -0.3 is 10.4 Å². The van der Waals surface area contributed by atoms with Crippen molar-refractivity contribution in [1.82, 2.24) is 4.98 Å². The van der Waals surface area contributed by atoms with Gasteiger partial charge in [-0.3, -0.25) is 4.98 Å². The van der Waals surface area contributed by atoms with Crippen LogP contribution in [-0.4, -0.2) is 16.1 Å². The number of fused-ring (bicyclic) bond motifs is 1. The lowest BCUT2D eigenvalue weighted by molar-refractivity contribution is -0.136. The van der Waals surface area contributed by atoms with E-state index in [9.17, 15) is 27.5 Å². The number of aryl methyl sites for hydroxylation is 1. The van der Waals surface area contributed by atoms with E-state index < -0.39 is 29.1 Å². The van der Waals surface area contributed by atoms with E-state index in [4.69, 9.17) is 0 Å². The highest BCUT2D eigenvalue weighted by molar-refractivity contribution is 5.98. The normalized spacial score (nSPS) is 11.5. The van der Waals surface area contributed by atoms with Crippen LogP contribution in [0.2, 0.25) is 0 Å². The summed E-state index contributed by atoms with van der Waals surface area (Å²) in [6, 6.07) is 15.1. The monoisotopic (exact) mass is 454 g/mol. The van der Waals surface area contributed by atoms with Gasteiger partial charge in [0.2, 0.25) is 0 Å². The van der Waals surface area contributed by atoms with E-state index in [0.29, 0.717) is 22.1 Å². The van der Waals surface area contributed by atoms with Gasteiger partial charge in [0.05, 0.1) is 16.8 Å². The third-order valence-corrected chi connectivity index (χ3v) is 5.32. The smallest absolute Gasteiger partial charge is 0.418 e. The van der Waals surface area contributed by atoms with Gasteiger partial charge in [-0.2, -0.15) is 13.2 Å². The van der Waals surface area contributed by atoms with Gasteiger partial charge in [-0.05, 0) is 53.4 Å². The van der Waals surface area contributed by atoms with Crippen LogP contribution in [0.15, 0.2) is 66.9 Å². The Morgan fingerprint density at radius 3 is 2.52 bits per heavy atom. The number of aromatic carboxylic acids is 1. The van der Waals surface area contributed by atoms with Crippen LogP contribution in [-0.2, 0) is 12.7 Å². The summed E-state index contributed by atoms with van der Waals surface area (Å²) in [4.78, 5) is 15.4. The van der Waals surface area contributed by atoms with E-state index in [1.807, 2.05) is 0 Å². The van der Waals surface area contributed by atoms with E-state index in [1.54, 1.807) is 37.3 Å². The molecule has 3 aromatic carbocycles. The van der Waals surface area contributed by atoms with Crippen molar-refractivity contribution in [2.24, 2.45) is 0 Å². The Hall–Kier alpha value is -3.94. The number of carbonyl (C=O) groups is 1. The highest BCUT2D eigenvalue weighted by Gasteiger charge is 2.33. The summed E-state index contributed by atoms with van der Waals surface area (Å²) in [5, 5.41) is 12.6. The van der Waals surface area contributed by atoms with Gasteiger partial charge >= 0.3 is 12.1 Å². The predicted octanol–water partition coefficient (Wildman–Crippen LogP) is 6.68. The number of alkyl halides is 3. The minimum Gasteiger partial charge on any atom is -0.478 e. The largest absolute Gasteiger partial charge is 0.478 e. The standard InChI is InChI=1S/C25H18F4N2O2/c1-14-12-31-23-17(7-3-8-18(23)25(27,28)29)21(14)16-6-2-5-15(11-16)13-30-20-10-4-9-19(26)22(20)24(32)33/h2-12,30H,13H2,1H3,(H,32,33). The van der Waals surface area contributed by atoms with Crippen molar-refractivity contribution in [3.05, 3.63) is 94.9 Å². The minimum atomic E-state index is -4.53. The Morgan fingerprint density at radius 1 is 1.06 bits per heavy atom. The first kappa shape index (κ1) is 22.3. The maximum Gasteiger partial charge on any atom is 0.418 e. The fourth-order valence-electron chi connectivity index (χ4n) is 3.86. The van der Waals surface area contributed by atoms with Crippen LogP contribution in [0.5, 0.6) is 0 Å². The lowest BCUT2D eigenvalue weighted by Gasteiger charge is -2.15. The molecular formula is C25H18F4N2O2. The summed E-state index contributed by atoms with van der Waals surface area (Å²) in [7, 11) is 0. The molecule has 0 atom stereocenters. The number of aromatic nitrogens is 1. The molecule has 0 spiro atoms. The van der Waals surface area contributed by atoms with E-state index in [0.717, 1.165) is 17.7 Å². The Kier molecular flexibility index (Phi) is 5.76. The van der Waals surface area contributed by atoms with E-state index in [1.165, 1.54) is 24.4 Å². The summed E-state index contributed by atoms with van der Waals surface area (Å²) in [6.45, 7) is 1.96. The van der Waals surface area contributed by atoms with E-state index >= 15 is 0 Å². The van der Waals surface area contributed by atoms with Crippen LogP contribution in [0, 0.1) is 12.7 Å². The zero-order chi connectivity index (χ0) is 23.8. The molecule has 4 nitrogen and oxygen atoms in total. The molecule has 0 radical (unpaired) electrons. The summed E-state index contributed by atoms with van der Waals surface area (Å²) < 4.78 is 54.4. The molecule has 0 saturated heterocycles. The quantitative estimate of drug-likeness (QED) is 0.330. The topological polar surface area (TPSA) is 62.2 Å². The average molecular weight is 454 g/mol.